The second-order valence-electron chi connectivity index (χ2n) is 6.12. The summed E-state index contributed by atoms with van der Waals surface area (Å²) in [7, 11) is -3.19. The lowest BCUT2D eigenvalue weighted by Crippen LogP contribution is -2.54. The van der Waals surface area contributed by atoms with Crippen LogP contribution in [0.3, 0.4) is 0 Å². The normalized spacial score (nSPS) is 25.4. The summed E-state index contributed by atoms with van der Waals surface area (Å²) >= 11 is 0. The Morgan fingerprint density at radius 2 is 2.07 bits per heavy atom. The molecule has 0 radical (unpaired) electrons. The molecule has 1 aliphatic heterocycles. The molecule has 1 saturated heterocycles. The quantitative estimate of drug-likeness (QED) is 0.781. The first-order valence-electron chi connectivity index (χ1n) is 8.55. The Morgan fingerprint density at radius 1 is 1.39 bits per heavy atom. The van der Waals surface area contributed by atoms with Gasteiger partial charge in [0, 0.05) is 18.8 Å². The number of carbonyl (C=O) groups is 1. The van der Waals surface area contributed by atoms with Gasteiger partial charge in [-0.15, -0.1) is 0 Å². The summed E-state index contributed by atoms with van der Waals surface area (Å²) in [6.07, 6.45) is -2.21. The number of pyridine rings is 1. The number of aromatic nitrogens is 1. The zero-order chi connectivity index (χ0) is 20.9. The van der Waals surface area contributed by atoms with Gasteiger partial charge < -0.3 is 14.6 Å². The molecule has 1 saturated carbocycles. The summed E-state index contributed by atoms with van der Waals surface area (Å²) in [5.74, 6) is -2.07. The molecule has 1 aliphatic carbocycles. The lowest BCUT2D eigenvalue weighted by Gasteiger charge is -2.37. The van der Waals surface area contributed by atoms with E-state index in [1.54, 1.807) is 23.5 Å². The van der Waals surface area contributed by atoms with Crippen molar-refractivity contribution in [3.05, 3.63) is 24.4 Å². The molecule has 3 rings (SSSR count). The van der Waals surface area contributed by atoms with Crippen molar-refractivity contribution in [2.75, 3.05) is 18.9 Å². The van der Waals surface area contributed by atoms with E-state index in [0.717, 1.165) is 12.8 Å². The maximum Gasteiger partial charge on any atom is 0.490 e. The third kappa shape index (κ3) is 5.55. The van der Waals surface area contributed by atoms with Crippen LogP contribution in [-0.2, 0) is 19.6 Å². The lowest BCUT2D eigenvalue weighted by atomic mass is 10.1. The molecule has 1 N–H and O–H groups in total. The predicted molar refractivity (Wildman–Crippen MR) is 91.3 cm³/mol. The number of hydrogen-bond donors (Lipinski definition) is 1. The number of rotatable bonds is 4. The number of ether oxygens (including phenoxy) is 2. The number of halogens is 3. The van der Waals surface area contributed by atoms with E-state index in [4.69, 9.17) is 19.4 Å². The number of alkyl halides is 3. The first kappa shape index (κ1) is 22.4. The highest BCUT2D eigenvalue weighted by Crippen LogP contribution is 2.34. The van der Waals surface area contributed by atoms with Gasteiger partial charge in [0.25, 0.3) is 0 Å². The van der Waals surface area contributed by atoms with Crippen molar-refractivity contribution in [1.82, 2.24) is 9.29 Å². The van der Waals surface area contributed by atoms with E-state index in [2.05, 4.69) is 4.98 Å². The monoisotopic (exact) mass is 426 g/mol. The van der Waals surface area contributed by atoms with Crippen molar-refractivity contribution < 1.29 is 41.0 Å². The van der Waals surface area contributed by atoms with Crippen molar-refractivity contribution in [2.24, 2.45) is 0 Å². The number of morpholine rings is 1. The first-order valence-corrected chi connectivity index (χ1v) is 10.2. The number of carboxylic acid groups (broad SMARTS) is 1. The fourth-order valence-electron chi connectivity index (χ4n) is 3.09. The number of hydrogen-bond acceptors (Lipinski definition) is 6. The number of fused-ring (bicyclic) bond motifs is 1. The van der Waals surface area contributed by atoms with Crippen LogP contribution in [0.4, 0.5) is 13.2 Å². The summed E-state index contributed by atoms with van der Waals surface area (Å²) in [4.78, 5) is 13.1. The molecule has 0 bridgehead atoms. The van der Waals surface area contributed by atoms with Crippen molar-refractivity contribution >= 4 is 16.0 Å². The van der Waals surface area contributed by atoms with E-state index in [1.165, 1.54) is 0 Å². The van der Waals surface area contributed by atoms with E-state index in [1.807, 2.05) is 12.1 Å². The van der Waals surface area contributed by atoms with Crippen molar-refractivity contribution in [2.45, 2.75) is 44.2 Å². The molecule has 3 atom stereocenters. The third-order valence-corrected chi connectivity index (χ3v) is 6.26. The molecule has 8 nitrogen and oxygen atoms in total. The standard InChI is InChI=1S/C14H20N2O4S.C2HF3O2/c1-2-21(17,18)16-9-10-19-14-11(16)6-7-12(14)20-13-5-3-4-8-15-13;3-2(4,5)1(6)7/h3-5,8,11-12,14H,2,6-7,9-10H2,1H3;(H,6,7)/t11-,12+,14+;/m0./s1. The van der Waals surface area contributed by atoms with Crippen LogP contribution in [0.15, 0.2) is 24.4 Å². The molecule has 0 spiro atoms. The maximum atomic E-state index is 12.2. The Hall–Kier alpha value is -1.92. The highest BCUT2D eigenvalue weighted by atomic mass is 32.2. The lowest BCUT2D eigenvalue weighted by molar-refractivity contribution is -0.192. The Balaban J connectivity index is 0.000000345. The van der Waals surface area contributed by atoms with Crippen molar-refractivity contribution in [1.29, 1.82) is 0 Å². The fraction of sp³-hybridized carbons (Fsp3) is 0.625. The predicted octanol–water partition coefficient (Wildman–Crippen LogP) is 1.68. The largest absolute Gasteiger partial charge is 0.490 e. The molecule has 2 fully saturated rings. The molecule has 1 aromatic rings. The highest BCUT2D eigenvalue weighted by Gasteiger charge is 2.47. The molecule has 1 aromatic heterocycles. The van der Waals surface area contributed by atoms with Crippen molar-refractivity contribution in [3.8, 4) is 5.88 Å². The van der Waals surface area contributed by atoms with E-state index in [9.17, 15) is 21.6 Å². The van der Waals surface area contributed by atoms with Gasteiger partial charge >= 0.3 is 12.1 Å². The van der Waals surface area contributed by atoms with Gasteiger partial charge in [-0.3, -0.25) is 0 Å². The van der Waals surface area contributed by atoms with Crippen LogP contribution >= 0.6 is 0 Å². The summed E-state index contributed by atoms with van der Waals surface area (Å²) in [6, 6.07) is 5.38. The molecule has 2 heterocycles. The second-order valence-corrected chi connectivity index (χ2v) is 8.33. The van der Waals surface area contributed by atoms with E-state index in [0.29, 0.717) is 19.0 Å². The van der Waals surface area contributed by atoms with Crippen LogP contribution in [0.2, 0.25) is 0 Å². The number of aliphatic carboxylic acids is 1. The average molecular weight is 426 g/mol. The Morgan fingerprint density at radius 3 is 2.61 bits per heavy atom. The van der Waals surface area contributed by atoms with E-state index < -0.39 is 22.2 Å². The van der Waals surface area contributed by atoms with Crippen LogP contribution in [0.25, 0.3) is 0 Å². The van der Waals surface area contributed by atoms with Gasteiger partial charge in [-0.1, -0.05) is 6.07 Å². The molecule has 2 aliphatic rings. The second kappa shape index (κ2) is 9.05. The SMILES string of the molecule is CCS(=O)(=O)N1CCO[C@H]2[C@H](Oc3ccccn3)CC[C@@H]21.O=C(O)C(F)(F)F. The number of sulfonamides is 1. The Bertz CT molecular complexity index is 759. The summed E-state index contributed by atoms with van der Waals surface area (Å²) in [5.41, 5.74) is 0. The van der Waals surface area contributed by atoms with Gasteiger partial charge in [0.05, 0.1) is 18.4 Å². The van der Waals surface area contributed by atoms with Gasteiger partial charge in [0.15, 0.2) is 0 Å². The van der Waals surface area contributed by atoms with E-state index in [-0.39, 0.29) is 24.0 Å². The summed E-state index contributed by atoms with van der Waals surface area (Å²) < 4.78 is 69.4. The third-order valence-electron chi connectivity index (χ3n) is 4.36. The van der Waals surface area contributed by atoms with Crippen LogP contribution in [-0.4, -0.2) is 72.1 Å². The zero-order valence-electron chi connectivity index (χ0n) is 15.0. The van der Waals surface area contributed by atoms with Gasteiger partial charge in [0.1, 0.15) is 12.2 Å². The minimum atomic E-state index is -5.08. The molecule has 28 heavy (non-hydrogen) atoms. The van der Waals surface area contributed by atoms with Gasteiger partial charge in [-0.25, -0.2) is 18.2 Å². The molecule has 12 heteroatoms. The van der Waals surface area contributed by atoms with Crippen LogP contribution in [0.5, 0.6) is 5.88 Å². The molecule has 0 amide bonds. The summed E-state index contributed by atoms with van der Waals surface area (Å²) in [5, 5.41) is 7.12. The zero-order valence-corrected chi connectivity index (χ0v) is 15.8. The van der Waals surface area contributed by atoms with Crippen LogP contribution in [0, 0.1) is 0 Å². The van der Waals surface area contributed by atoms with Crippen molar-refractivity contribution in [3.63, 3.8) is 0 Å². The first-order chi connectivity index (χ1) is 13.1. The van der Waals surface area contributed by atoms with Crippen LogP contribution in [0.1, 0.15) is 19.8 Å². The minimum Gasteiger partial charge on any atom is -0.475 e. The van der Waals surface area contributed by atoms with Gasteiger partial charge in [-0.2, -0.15) is 17.5 Å². The maximum absolute atomic E-state index is 12.2. The molecular formula is C16H21F3N2O6S. The molecule has 0 unspecified atom stereocenters. The topological polar surface area (TPSA) is 106 Å². The number of nitrogens with zero attached hydrogens (tertiary/aromatic N) is 2. The molecule has 0 aromatic carbocycles. The fourth-order valence-corrected chi connectivity index (χ4v) is 4.41. The van der Waals surface area contributed by atoms with Crippen LogP contribution < -0.4 is 4.74 Å². The Labute approximate surface area is 160 Å². The molecule has 158 valence electrons. The average Bonchev–Trinajstić information content (AvgIpc) is 3.05. The minimum absolute atomic E-state index is 0.114. The van der Waals surface area contributed by atoms with Gasteiger partial charge in [0.2, 0.25) is 15.9 Å². The smallest absolute Gasteiger partial charge is 0.475 e. The summed E-state index contributed by atoms with van der Waals surface area (Å²) in [6.45, 7) is 2.53. The molecular weight excluding hydrogens is 405 g/mol. The van der Waals surface area contributed by atoms with E-state index >= 15 is 0 Å². The highest BCUT2D eigenvalue weighted by molar-refractivity contribution is 7.89. The number of carboxylic acids is 1. The Kier molecular flexibility index (Phi) is 7.23. The van der Waals surface area contributed by atoms with Gasteiger partial charge in [-0.05, 0) is 25.8 Å².